The molecule has 64 valence electrons. The lowest BCUT2D eigenvalue weighted by atomic mass is 9.84. The third-order valence-corrected chi connectivity index (χ3v) is 2.78. The molecule has 0 radical (unpaired) electrons. The predicted molar refractivity (Wildman–Crippen MR) is 48.7 cm³/mol. The Morgan fingerprint density at radius 1 is 1.17 bits per heavy atom. The van der Waals surface area contributed by atoms with E-state index in [9.17, 15) is 0 Å². The van der Waals surface area contributed by atoms with Gasteiger partial charge in [0.25, 0.3) is 0 Å². The lowest BCUT2D eigenvalue weighted by molar-refractivity contribution is 0.425. The summed E-state index contributed by atoms with van der Waals surface area (Å²) in [5.41, 5.74) is 0.651. The van der Waals surface area contributed by atoms with E-state index >= 15 is 0 Å². The fourth-order valence-corrected chi connectivity index (χ4v) is 1.83. The first-order chi connectivity index (χ1) is 5.52. The molecule has 1 heterocycles. The van der Waals surface area contributed by atoms with Crippen LogP contribution < -0.4 is 9.55 Å². The summed E-state index contributed by atoms with van der Waals surface area (Å²) in [4.78, 5) is 0. The van der Waals surface area contributed by atoms with Crippen molar-refractivity contribution in [3.05, 3.63) is 11.6 Å². The quantitative estimate of drug-likeness (QED) is 0.382. The summed E-state index contributed by atoms with van der Waals surface area (Å²) in [5.74, 6) is 0. The largest absolute Gasteiger partial charge is 0.499 e. The number of hydrogen-bond donors (Lipinski definition) is 4. The highest BCUT2D eigenvalue weighted by Crippen LogP contribution is 2.00. The highest BCUT2D eigenvalue weighted by atomic mass is 32.1. The van der Waals surface area contributed by atoms with Gasteiger partial charge in [-0.25, -0.2) is 0 Å². The molecule has 1 aromatic rings. The van der Waals surface area contributed by atoms with Gasteiger partial charge in [-0.3, -0.25) is 0 Å². The molecule has 0 spiro atoms. The lowest BCUT2D eigenvalue weighted by Gasteiger charge is -1.93. The Morgan fingerprint density at radius 3 is 2.00 bits per heavy atom. The fraction of sp³-hybridized carbons (Fsp3) is 0.200. The van der Waals surface area contributed by atoms with Crippen molar-refractivity contribution in [1.82, 2.24) is 0 Å². The van der Waals surface area contributed by atoms with Crippen LogP contribution in [-0.4, -0.2) is 34.3 Å². The first kappa shape index (κ1) is 9.76. The number of hydrogen-bond acceptors (Lipinski definition) is 5. The Bertz CT molecular complexity index is 272. The molecule has 0 aliphatic carbocycles. The van der Waals surface area contributed by atoms with E-state index < -0.39 is 14.2 Å². The van der Waals surface area contributed by atoms with Crippen LogP contribution >= 0.6 is 11.3 Å². The zero-order valence-electron chi connectivity index (χ0n) is 6.43. The second-order valence-corrected chi connectivity index (χ2v) is 3.56. The molecule has 7 heteroatoms. The molecule has 12 heavy (non-hydrogen) atoms. The van der Waals surface area contributed by atoms with Crippen molar-refractivity contribution in [3.8, 4) is 0 Å². The molecule has 0 atom stereocenters. The summed E-state index contributed by atoms with van der Waals surface area (Å²) in [5, 5.41) is 35.1. The molecule has 0 aliphatic rings. The van der Waals surface area contributed by atoms with Crippen LogP contribution in [0.25, 0.3) is 0 Å². The molecule has 4 nitrogen and oxygen atoms in total. The van der Waals surface area contributed by atoms with Gasteiger partial charge in [0.1, 0.15) is 0 Å². The molecule has 1 aromatic heterocycles. The molecule has 0 saturated carbocycles. The maximum atomic E-state index is 8.80. The highest BCUT2D eigenvalue weighted by molar-refractivity contribution is 7.30. The monoisotopic (exact) mass is 186 g/mol. The van der Waals surface area contributed by atoms with Gasteiger partial charge < -0.3 is 20.1 Å². The average molecular weight is 186 g/mol. The summed E-state index contributed by atoms with van der Waals surface area (Å²) in [6.07, 6.45) is 0. The predicted octanol–water partition coefficient (Wildman–Crippen LogP) is -2.58. The van der Waals surface area contributed by atoms with E-state index in [0.717, 1.165) is 11.3 Å². The van der Waals surface area contributed by atoms with Crippen molar-refractivity contribution in [3.63, 3.8) is 0 Å². The number of aryl methyl sites for hydroxylation is 1. The van der Waals surface area contributed by atoms with E-state index in [1.54, 1.807) is 6.92 Å². The molecule has 0 aliphatic heterocycles. The lowest BCUT2D eigenvalue weighted by Crippen LogP contribution is -2.30. The third-order valence-electron chi connectivity index (χ3n) is 1.46. The zero-order valence-corrected chi connectivity index (χ0v) is 7.25. The van der Waals surface area contributed by atoms with Gasteiger partial charge in [-0.15, -0.1) is 0 Å². The van der Waals surface area contributed by atoms with Gasteiger partial charge >= 0.3 is 14.2 Å². The third kappa shape index (κ3) is 1.88. The topological polar surface area (TPSA) is 80.9 Å². The van der Waals surface area contributed by atoms with Crippen LogP contribution in [0.15, 0.2) is 6.07 Å². The van der Waals surface area contributed by atoms with Crippen LogP contribution in [0.2, 0.25) is 0 Å². The molecule has 0 saturated heterocycles. The Morgan fingerprint density at radius 2 is 1.75 bits per heavy atom. The van der Waals surface area contributed by atoms with E-state index in [4.69, 9.17) is 20.1 Å². The number of thiophene rings is 1. The summed E-state index contributed by atoms with van der Waals surface area (Å²) < 4.78 is 0.661. The fourth-order valence-electron chi connectivity index (χ4n) is 0.905. The smallest absolute Gasteiger partial charge is 0.423 e. The van der Waals surface area contributed by atoms with Gasteiger partial charge in [0, 0.05) is 9.55 Å². The SMILES string of the molecule is Cc1cc(B(O)O)sc1B(O)O. The van der Waals surface area contributed by atoms with E-state index in [1.807, 2.05) is 0 Å². The molecule has 0 fully saturated rings. The molecule has 1 rings (SSSR count). The van der Waals surface area contributed by atoms with Crippen molar-refractivity contribution in [2.75, 3.05) is 0 Å². The normalized spacial score (nSPS) is 10.1. The maximum Gasteiger partial charge on any atom is 0.499 e. The molecule has 0 aromatic carbocycles. The van der Waals surface area contributed by atoms with Gasteiger partial charge in [-0.05, 0) is 18.6 Å². The minimum Gasteiger partial charge on any atom is -0.423 e. The van der Waals surface area contributed by atoms with Crippen LogP contribution in [0.5, 0.6) is 0 Å². The molecular formula is C5H8B2O4S. The molecule has 4 N–H and O–H groups in total. The van der Waals surface area contributed by atoms with Crippen LogP contribution in [0, 0.1) is 6.92 Å². The molecular weight excluding hydrogens is 178 g/mol. The van der Waals surface area contributed by atoms with E-state index in [1.165, 1.54) is 6.07 Å². The zero-order chi connectivity index (χ0) is 9.30. The second kappa shape index (κ2) is 3.59. The van der Waals surface area contributed by atoms with Gasteiger partial charge in [0.2, 0.25) is 0 Å². The summed E-state index contributed by atoms with van der Waals surface area (Å²) in [7, 11) is -3.08. The summed E-state index contributed by atoms with van der Waals surface area (Å²) in [6.45, 7) is 1.68. The summed E-state index contributed by atoms with van der Waals surface area (Å²) in [6, 6.07) is 1.52. The van der Waals surface area contributed by atoms with E-state index in [-0.39, 0.29) is 0 Å². The van der Waals surface area contributed by atoms with E-state index in [0.29, 0.717) is 15.1 Å². The maximum absolute atomic E-state index is 8.80. The Balaban J connectivity index is 3.00. The minimum atomic E-state index is -1.54. The second-order valence-electron chi connectivity index (χ2n) is 2.44. The minimum absolute atomic E-state index is 0.315. The van der Waals surface area contributed by atoms with Crippen molar-refractivity contribution >= 4 is 35.1 Å². The highest BCUT2D eigenvalue weighted by Gasteiger charge is 2.22. The molecule has 0 amide bonds. The van der Waals surface area contributed by atoms with Gasteiger partial charge in [-0.2, -0.15) is 11.3 Å². The standard InChI is InChI=1S/C5H8B2O4S/c1-3-2-4(6(8)9)12-5(3)7(10)11/h2,8-11H,1H3. The van der Waals surface area contributed by atoms with Crippen LogP contribution in [-0.2, 0) is 0 Å². The van der Waals surface area contributed by atoms with Gasteiger partial charge in [-0.1, -0.05) is 0 Å². The molecule has 0 bridgehead atoms. The van der Waals surface area contributed by atoms with Crippen LogP contribution in [0.3, 0.4) is 0 Å². The van der Waals surface area contributed by atoms with Crippen molar-refractivity contribution < 1.29 is 20.1 Å². The van der Waals surface area contributed by atoms with E-state index in [2.05, 4.69) is 0 Å². The van der Waals surface area contributed by atoms with Gasteiger partial charge in [0.15, 0.2) is 0 Å². The van der Waals surface area contributed by atoms with Gasteiger partial charge in [0.05, 0.1) is 0 Å². The Kier molecular flexibility index (Phi) is 2.92. The summed E-state index contributed by atoms with van der Waals surface area (Å²) >= 11 is 0.976. The van der Waals surface area contributed by atoms with Crippen LogP contribution in [0.4, 0.5) is 0 Å². The Hall–Kier alpha value is -0.330. The Labute approximate surface area is 74.4 Å². The first-order valence-electron chi connectivity index (χ1n) is 3.35. The van der Waals surface area contributed by atoms with Crippen LogP contribution in [0.1, 0.15) is 5.56 Å². The first-order valence-corrected chi connectivity index (χ1v) is 4.16. The number of rotatable bonds is 2. The average Bonchev–Trinajstić information content (AvgIpc) is 2.30. The van der Waals surface area contributed by atoms with Crippen molar-refractivity contribution in [2.24, 2.45) is 0 Å². The van der Waals surface area contributed by atoms with Crippen molar-refractivity contribution in [2.45, 2.75) is 6.92 Å². The van der Waals surface area contributed by atoms with Crippen molar-refractivity contribution in [1.29, 1.82) is 0 Å². The molecule has 0 unspecified atom stereocenters.